The van der Waals surface area contributed by atoms with Crippen molar-refractivity contribution in [1.29, 1.82) is 0 Å². The molecule has 0 atom stereocenters. The second kappa shape index (κ2) is 7.14. The van der Waals surface area contributed by atoms with Crippen LogP contribution in [0.15, 0.2) is 87.5 Å². The molecule has 0 aliphatic carbocycles. The number of thiol groups is 3. The van der Waals surface area contributed by atoms with Crippen molar-refractivity contribution in [2.75, 3.05) is 0 Å². The Morgan fingerprint density at radius 1 is 0.455 bits per heavy atom. The number of benzene rings is 3. The summed E-state index contributed by atoms with van der Waals surface area (Å²) >= 11 is 14.0. The third-order valence-corrected chi connectivity index (χ3v) is 7.68. The van der Waals surface area contributed by atoms with E-state index < -0.39 is 7.92 Å². The quantitative estimate of drug-likeness (QED) is 0.451. The fourth-order valence-electron chi connectivity index (χ4n) is 2.35. The highest BCUT2D eigenvalue weighted by molar-refractivity contribution is 7.87. The summed E-state index contributed by atoms with van der Waals surface area (Å²) in [7, 11) is -0.738. The van der Waals surface area contributed by atoms with Crippen LogP contribution >= 0.6 is 45.8 Å². The van der Waals surface area contributed by atoms with Crippen molar-refractivity contribution in [2.45, 2.75) is 14.7 Å². The van der Waals surface area contributed by atoms with Crippen molar-refractivity contribution in [3.8, 4) is 0 Å². The SMILES string of the molecule is Sc1ccccc1P(c1ccccc1S)c1ccccc1S. The van der Waals surface area contributed by atoms with Crippen molar-refractivity contribution in [3.05, 3.63) is 72.8 Å². The summed E-state index contributed by atoms with van der Waals surface area (Å²) in [5.74, 6) is 0. The number of hydrogen-bond donors (Lipinski definition) is 3. The van der Waals surface area contributed by atoms with Gasteiger partial charge in [0.25, 0.3) is 0 Å². The molecule has 0 heterocycles. The molecule has 22 heavy (non-hydrogen) atoms. The van der Waals surface area contributed by atoms with Crippen LogP contribution in [-0.4, -0.2) is 0 Å². The van der Waals surface area contributed by atoms with Crippen molar-refractivity contribution < 1.29 is 0 Å². The maximum absolute atomic E-state index is 4.67. The van der Waals surface area contributed by atoms with Gasteiger partial charge in [0.05, 0.1) is 0 Å². The van der Waals surface area contributed by atoms with Gasteiger partial charge in [0.2, 0.25) is 0 Å². The average Bonchev–Trinajstić information content (AvgIpc) is 2.53. The van der Waals surface area contributed by atoms with Gasteiger partial charge < -0.3 is 0 Å². The molecular weight excluding hydrogens is 343 g/mol. The van der Waals surface area contributed by atoms with Gasteiger partial charge in [-0.1, -0.05) is 54.6 Å². The Hall–Kier alpha value is -0.860. The summed E-state index contributed by atoms with van der Waals surface area (Å²) in [5, 5.41) is 3.68. The van der Waals surface area contributed by atoms with Gasteiger partial charge >= 0.3 is 0 Å². The lowest BCUT2D eigenvalue weighted by atomic mass is 10.3. The number of rotatable bonds is 3. The molecule has 0 aliphatic rings. The molecule has 3 rings (SSSR count). The van der Waals surface area contributed by atoms with Gasteiger partial charge in [-0.05, 0) is 42.0 Å². The minimum atomic E-state index is -0.738. The van der Waals surface area contributed by atoms with E-state index in [9.17, 15) is 0 Å². The topological polar surface area (TPSA) is 0 Å². The van der Waals surface area contributed by atoms with Gasteiger partial charge in [0, 0.05) is 14.7 Å². The molecule has 0 radical (unpaired) electrons. The largest absolute Gasteiger partial charge is 0.143 e. The van der Waals surface area contributed by atoms with Crippen molar-refractivity contribution in [2.24, 2.45) is 0 Å². The van der Waals surface area contributed by atoms with E-state index >= 15 is 0 Å². The number of hydrogen-bond acceptors (Lipinski definition) is 3. The van der Waals surface area contributed by atoms with E-state index in [-0.39, 0.29) is 0 Å². The normalized spacial score (nSPS) is 10.9. The molecule has 0 fully saturated rings. The highest BCUT2D eigenvalue weighted by Gasteiger charge is 2.21. The summed E-state index contributed by atoms with van der Waals surface area (Å²) in [6.45, 7) is 0. The van der Waals surface area contributed by atoms with Crippen LogP contribution in [0.25, 0.3) is 0 Å². The predicted octanol–water partition coefficient (Wildman–Crippen LogP) is 4.31. The predicted molar refractivity (Wildman–Crippen MR) is 107 cm³/mol. The highest BCUT2D eigenvalue weighted by atomic mass is 32.1. The fourth-order valence-corrected chi connectivity index (χ4v) is 6.13. The lowest BCUT2D eigenvalue weighted by molar-refractivity contribution is 1.50. The molecule has 0 N–H and O–H groups in total. The Kier molecular flexibility index (Phi) is 5.20. The molecule has 110 valence electrons. The first-order chi connectivity index (χ1) is 10.7. The zero-order valence-electron chi connectivity index (χ0n) is 11.7. The summed E-state index contributed by atoms with van der Waals surface area (Å²) < 4.78 is 0. The Morgan fingerprint density at radius 3 is 1.00 bits per heavy atom. The van der Waals surface area contributed by atoms with Crippen molar-refractivity contribution in [1.82, 2.24) is 0 Å². The molecule has 0 unspecified atom stereocenters. The monoisotopic (exact) mass is 358 g/mol. The van der Waals surface area contributed by atoms with Gasteiger partial charge in [-0.25, -0.2) is 0 Å². The Bertz CT molecular complexity index is 693. The smallest absolute Gasteiger partial charge is 0.0124 e. The van der Waals surface area contributed by atoms with E-state index in [1.54, 1.807) is 0 Å². The molecule has 0 aliphatic heterocycles. The van der Waals surface area contributed by atoms with Crippen LogP contribution in [0, 0.1) is 0 Å². The van der Waals surface area contributed by atoms with Gasteiger partial charge in [-0.15, -0.1) is 37.9 Å². The van der Waals surface area contributed by atoms with E-state index in [4.69, 9.17) is 0 Å². The van der Waals surface area contributed by atoms with Crippen LogP contribution in [0.3, 0.4) is 0 Å². The Labute approximate surface area is 149 Å². The van der Waals surface area contributed by atoms with E-state index in [1.165, 1.54) is 15.9 Å². The van der Waals surface area contributed by atoms with Crippen molar-refractivity contribution >= 4 is 61.7 Å². The van der Waals surface area contributed by atoms with Crippen LogP contribution in [0.4, 0.5) is 0 Å². The summed E-state index contributed by atoms with van der Waals surface area (Å²) in [6, 6.07) is 24.8. The van der Waals surface area contributed by atoms with Crippen LogP contribution in [0.1, 0.15) is 0 Å². The van der Waals surface area contributed by atoms with E-state index in [0.29, 0.717) is 0 Å². The molecular formula is C18H15PS3. The molecule has 0 bridgehead atoms. The lowest BCUT2D eigenvalue weighted by Crippen LogP contribution is -2.23. The molecule has 3 aromatic rings. The summed E-state index contributed by atoms with van der Waals surface area (Å²) in [4.78, 5) is 3.00. The summed E-state index contributed by atoms with van der Waals surface area (Å²) in [6.07, 6.45) is 0. The molecule has 0 saturated carbocycles. The third-order valence-electron chi connectivity index (χ3n) is 3.37. The molecule has 0 aromatic heterocycles. The Morgan fingerprint density at radius 2 is 0.727 bits per heavy atom. The second-order valence-corrected chi connectivity index (χ2v) is 8.36. The van der Waals surface area contributed by atoms with E-state index in [2.05, 4.69) is 74.3 Å². The maximum Gasteiger partial charge on any atom is 0.0124 e. The van der Waals surface area contributed by atoms with E-state index in [1.807, 2.05) is 36.4 Å². The third kappa shape index (κ3) is 3.23. The lowest BCUT2D eigenvalue weighted by Gasteiger charge is -2.23. The Balaban J connectivity index is 2.27. The molecule has 0 saturated heterocycles. The summed E-state index contributed by atoms with van der Waals surface area (Å²) in [5.41, 5.74) is 0. The van der Waals surface area contributed by atoms with Crippen LogP contribution in [0.5, 0.6) is 0 Å². The average molecular weight is 358 g/mol. The van der Waals surface area contributed by atoms with E-state index in [0.717, 1.165) is 14.7 Å². The second-order valence-electron chi connectivity index (χ2n) is 4.80. The van der Waals surface area contributed by atoms with Gasteiger partial charge in [0.1, 0.15) is 0 Å². The first kappa shape index (κ1) is 16.0. The minimum Gasteiger partial charge on any atom is -0.143 e. The first-order valence-electron chi connectivity index (χ1n) is 6.82. The van der Waals surface area contributed by atoms with Gasteiger partial charge in [-0.3, -0.25) is 0 Å². The molecule has 0 spiro atoms. The molecule has 0 nitrogen and oxygen atoms in total. The molecule has 4 heteroatoms. The van der Waals surface area contributed by atoms with Crippen molar-refractivity contribution in [3.63, 3.8) is 0 Å². The van der Waals surface area contributed by atoms with Crippen LogP contribution in [-0.2, 0) is 0 Å². The van der Waals surface area contributed by atoms with Gasteiger partial charge in [-0.2, -0.15) is 0 Å². The standard InChI is InChI=1S/C18H15PS3/c20-16-10-4-1-7-13(16)19(14-8-2-5-11-17(14)21)15-9-3-6-12-18(15)22/h1-12,20-22H. The van der Waals surface area contributed by atoms with Gasteiger partial charge in [0.15, 0.2) is 0 Å². The zero-order valence-corrected chi connectivity index (χ0v) is 15.3. The first-order valence-corrected chi connectivity index (χ1v) is 9.51. The van der Waals surface area contributed by atoms with Crippen LogP contribution < -0.4 is 15.9 Å². The van der Waals surface area contributed by atoms with Crippen LogP contribution in [0.2, 0.25) is 0 Å². The zero-order chi connectivity index (χ0) is 15.5. The molecule has 3 aromatic carbocycles. The fraction of sp³-hybridized carbons (Fsp3) is 0. The minimum absolute atomic E-state index is 0.738. The maximum atomic E-state index is 4.67. The molecule has 0 amide bonds. The highest BCUT2D eigenvalue weighted by Crippen LogP contribution is 2.38.